The Morgan fingerprint density at radius 3 is 2.53 bits per heavy atom. The number of hydrogen-bond donors (Lipinski definition) is 1. The number of rotatable bonds is 6. The fourth-order valence-electron chi connectivity index (χ4n) is 1.56. The van der Waals surface area contributed by atoms with Crippen LogP contribution in [0, 0.1) is 17.6 Å². The number of sulfonamides is 1. The van der Waals surface area contributed by atoms with Crippen LogP contribution < -0.4 is 4.72 Å². The highest BCUT2D eigenvalue weighted by atomic mass is 79.9. The number of alkyl halides is 1. The Labute approximate surface area is 120 Å². The number of benzene rings is 1. The molecule has 1 atom stereocenters. The van der Waals surface area contributed by atoms with Gasteiger partial charge >= 0.3 is 0 Å². The van der Waals surface area contributed by atoms with Gasteiger partial charge < -0.3 is 0 Å². The molecule has 0 amide bonds. The van der Waals surface area contributed by atoms with Gasteiger partial charge in [-0.1, -0.05) is 29.8 Å². The zero-order valence-corrected chi connectivity index (χ0v) is 13.1. The van der Waals surface area contributed by atoms with Gasteiger partial charge in [-0.3, -0.25) is 0 Å². The molecule has 0 fully saturated rings. The molecule has 0 spiro atoms. The molecule has 19 heavy (non-hydrogen) atoms. The Balaban J connectivity index is 2.79. The van der Waals surface area contributed by atoms with Gasteiger partial charge in [0, 0.05) is 11.4 Å². The van der Waals surface area contributed by atoms with Gasteiger partial charge in [-0.05, 0) is 30.5 Å². The van der Waals surface area contributed by atoms with Crippen molar-refractivity contribution < 1.29 is 17.2 Å². The van der Waals surface area contributed by atoms with Gasteiger partial charge in [0.1, 0.15) is 16.5 Å². The lowest BCUT2D eigenvalue weighted by atomic mass is 10.1. The predicted octanol–water partition coefficient (Wildman–Crippen LogP) is 3.05. The van der Waals surface area contributed by atoms with Gasteiger partial charge in [-0.2, -0.15) is 0 Å². The predicted molar refractivity (Wildman–Crippen MR) is 73.7 cm³/mol. The second kappa shape index (κ2) is 6.76. The molecule has 0 aliphatic heterocycles. The van der Waals surface area contributed by atoms with Crippen LogP contribution in [0.3, 0.4) is 0 Å². The van der Waals surface area contributed by atoms with Crippen molar-refractivity contribution in [1.82, 2.24) is 4.72 Å². The molecule has 0 saturated carbocycles. The Kier molecular flexibility index (Phi) is 5.88. The van der Waals surface area contributed by atoms with E-state index in [9.17, 15) is 17.2 Å². The van der Waals surface area contributed by atoms with Crippen molar-refractivity contribution in [2.45, 2.75) is 30.0 Å². The number of nitrogens with one attached hydrogen (secondary N) is 1. The quantitative estimate of drug-likeness (QED) is 0.797. The van der Waals surface area contributed by atoms with E-state index in [1.54, 1.807) is 0 Å². The van der Waals surface area contributed by atoms with Crippen molar-refractivity contribution in [3.8, 4) is 0 Å². The van der Waals surface area contributed by atoms with Crippen LogP contribution in [0.2, 0.25) is 0 Å². The van der Waals surface area contributed by atoms with Gasteiger partial charge in [0.2, 0.25) is 10.0 Å². The summed E-state index contributed by atoms with van der Waals surface area (Å²) in [6.07, 6.45) is 0.772. The van der Waals surface area contributed by atoms with Crippen molar-refractivity contribution in [3.05, 3.63) is 29.8 Å². The van der Waals surface area contributed by atoms with Crippen LogP contribution in [-0.4, -0.2) is 19.8 Å². The maximum absolute atomic E-state index is 13.4. The third-order valence-corrected chi connectivity index (χ3v) is 4.54. The van der Waals surface area contributed by atoms with E-state index in [-0.39, 0.29) is 11.4 Å². The number of hydrogen-bond acceptors (Lipinski definition) is 2. The van der Waals surface area contributed by atoms with Crippen molar-refractivity contribution in [2.75, 3.05) is 6.54 Å². The first kappa shape index (κ1) is 16.5. The minimum atomic E-state index is -4.04. The first-order valence-corrected chi connectivity index (χ1v) is 8.21. The molecule has 0 aliphatic carbocycles. The van der Waals surface area contributed by atoms with E-state index in [1.165, 1.54) is 0 Å². The summed E-state index contributed by atoms with van der Waals surface area (Å²) in [7, 11) is -4.04. The second-order valence-electron chi connectivity index (χ2n) is 4.65. The molecule has 1 aromatic carbocycles. The summed E-state index contributed by atoms with van der Waals surface area (Å²) >= 11 is 3.34. The maximum Gasteiger partial charge on any atom is 0.243 e. The van der Waals surface area contributed by atoms with Crippen LogP contribution in [0.1, 0.15) is 20.3 Å². The maximum atomic E-state index is 13.4. The monoisotopic (exact) mass is 355 g/mol. The Morgan fingerprint density at radius 2 is 1.95 bits per heavy atom. The van der Waals surface area contributed by atoms with E-state index < -0.39 is 26.6 Å². The normalized spacial score (nSPS) is 13.8. The highest BCUT2D eigenvalue weighted by Crippen LogP contribution is 2.17. The topological polar surface area (TPSA) is 46.2 Å². The van der Waals surface area contributed by atoms with E-state index >= 15 is 0 Å². The molecule has 1 rings (SSSR count). The van der Waals surface area contributed by atoms with Crippen LogP contribution in [0.4, 0.5) is 8.78 Å². The zero-order chi connectivity index (χ0) is 14.6. The van der Waals surface area contributed by atoms with E-state index in [1.807, 2.05) is 13.8 Å². The van der Waals surface area contributed by atoms with Crippen LogP contribution in [0.15, 0.2) is 23.1 Å². The van der Waals surface area contributed by atoms with Gasteiger partial charge in [-0.15, -0.1) is 0 Å². The van der Waals surface area contributed by atoms with Crippen LogP contribution >= 0.6 is 15.9 Å². The summed E-state index contributed by atoms with van der Waals surface area (Å²) in [5.41, 5.74) is 0. The van der Waals surface area contributed by atoms with E-state index in [2.05, 4.69) is 20.7 Å². The first-order valence-electron chi connectivity index (χ1n) is 5.81. The van der Waals surface area contributed by atoms with Gasteiger partial charge in [0.05, 0.1) is 0 Å². The molecule has 0 aliphatic rings. The van der Waals surface area contributed by atoms with E-state index in [4.69, 9.17) is 0 Å². The van der Waals surface area contributed by atoms with Crippen molar-refractivity contribution in [1.29, 1.82) is 0 Å². The smallest absolute Gasteiger partial charge is 0.210 e. The summed E-state index contributed by atoms with van der Waals surface area (Å²) in [6, 6.07) is 2.34. The van der Waals surface area contributed by atoms with E-state index in [0.29, 0.717) is 12.0 Å². The van der Waals surface area contributed by atoms with Crippen molar-refractivity contribution >= 4 is 26.0 Å². The van der Waals surface area contributed by atoms with Gasteiger partial charge in [0.15, 0.2) is 0 Å². The minimum Gasteiger partial charge on any atom is -0.210 e. The third kappa shape index (κ3) is 5.16. The SMILES string of the molecule is CC(C)CC(Br)CNS(=O)(=O)c1cc(F)ccc1F. The van der Waals surface area contributed by atoms with Crippen molar-refractivity contribution in [2.24, 2.45) is 5.92 Å². The summed E-state index contributed by atoms with van der Waals surface area (Å²) in [5, 5.41) is 0. The summed E-state index contributed by atoms with van der Waals surface area (Å²) < 4.78 is 52.4. The fourth-order valence-corrected chi connectivity index (χ4v) is 3.85. The lowest BCUT2D eigenvalue weighted by molar-refractivity contribution is 0.535. The molecule has 1 unspecified atom stereocenters. The van der Waals surface area contributed by atoms with E-state index in [0.717, 1.165) is 18.6 Å². The van der Waals surface area contributed by atoms with Crippen LogP contribution in [-0.2, 0) is 10.0 Å². The average molecular weight is 356 g/mol. The molecule has 1 aromatic rings. The van der Waals surface area contributed by atoms with Crippen LogP contribution in [0.25, 0.3) is 0 Å². The minimum absolute atomic E-state index is 0.0566. The average Bonchev–Trinajstić information content (AvgIpc) is 2.29. The van der Waals surface area contributed by atoms with Crippen molar-refractivity contribution in [3.63, 3.8) is 0 Å². The summed E-state index contributed by atoms with van der Waals surface area (Å²) in [6.45, 7) is 4.14. The molecule has 0 heterocycles. The summed E-state index contributed by atoms with van der Waals surface area (Å²) in [4.78, 5) is -0.726. The molecular weight excluding hydrogens is 340 g/mol. The second-order valence-corrected chi connectivity index (χ2v) is 7.68. The Bertz CT molecular complexity index is 535. The van der Waals surface area contributed by atoms with Gasteiger partial charge in [-0.25, -0.2) is 21.9 Å². The van der Waals surface area contributed by atoms with Crippen LogP contribution in [0.5, 0.6) is 0 Å². The largest absolute Gasteiger partial charge is 0.243 e. The fraction of sp³-hybridized carbons (Fsp3) is 0.500. The molecule has 108 valence electrons. The molecule has 3 nitrogen and oxygen atoms in total. The molecule has 0 radical (unpaired) electrons. The highest BCUT2D eigenvalue weighted by Gasteiger charge is 2.21. The Morgan fingerprint density at radius 1 is 1.32 bits per heavy atom. The lowest BCUT2D eigenvalue weighted by Crippen LogP contribution is -2.31. The molecule has 0 aromatic heterocycles. The molecular formula is C12H16BrF2NO2S. The molecule has 1 N–H and O–H groups in total. The molecule has 0 saturated heterocycles. The Hall–Kier alpha value is -0.530. The number of halogens is 3. The molecule has 0 bridgehead atoms. The van der Waals surface area contributed by atoms with Gasteiger partial charge in [0.25, 0.3) is 0 Å². The first-order chi connectivity index (χ1) is 8.72. The molecule has 7 heteroatoms. The lowest BCUT2D eigenvalue weighted by Gasteiger charge is -2.13. The highest BCUT2D eigenvalue weighted by molar-refractivity contribution is 9.09. The third-order valence-electron chi connectivity index (χ3n) is 2.40. The standard InChI is InChI=1S/C12H16BrF2NO2S/c1-8(2)5-9(13)7-16-19(17,18)12-6-10(14)3-4-11(12)15/h3-4,6,8-9,16H,5,7H2,1-2H3. The summed E-state index contributed by atoms with van der Waals surface area (Å²) in [5.74, 6) is -1.36. The zero-order valence-electron chi connectivity index (χ0n) is 10.7.